The maximum Gasteiger partial charge on any atom is 0.414 e. The van der Waals surface area contributed by atoms with Crippen LogP contribution in [0.15, 0.2) is 42.5 Å². The highest BCUT2D eigenvalue weighted by molar-refractivity contribution is 5.95. The number of carbonyl (C=O) groups is 2. The molecule has 1 amide bonds. The zero-order valence-corrected chi connectivity index (χ0v) is 20.8. The number of aliphatic hydroxyl groups is 1. The monoisotopic (exact) mass is 491 g/mol. The van der Waals surface area contributed by atoms with Crippen LogP contribution in [-0.2, 0) is 22.4 Å². The summed E-state index contributed by atoms with van der Waals surface area (Å²) in [7, 11) is 1.39. The predicted molar refractivity (Wildman–Crippen MR) is 136 cm³/mol. The van der Waals surface area contributed by atoms with Crippen LogP contribution in [0.4, 0.5) is 10.5 Å². The molecule has 1 aromatic heterocycles. The van der Waals surface area contributed by atoms with Crippen LogP contribution in [0.1, 0.15) is 68.1 Å². The van der Waals surface area contributed by atoms with Crippen LogP contribution in [0.5, 0.6) is 0 Å². The minimum Gasteiger partial charge on any atom is -0.481 e. The highest BCUT2D eigenvalue weighted by Crippen LogP contribution is 2.41. The van der Waals surface area contributed by atoms with Crippen molar-refractivity contribution in [2.45, 2.75) is 70.1 Å². The molecule has 2 N–H and O–H groups in total. The third-order valence-corrected chi connectivity index (χ3v) is 7.83. The molecule has 1 fully saturated rings. The summed E-state index contributed by atoms with van der Waals surface area (Å²) in [6, 6.07) is 13.9. The molecule has 1 unspecified atom stereocenters. The number of amides is 1. The normalized spacial score (nSPS) is 22.8. The molecule has 3 aromatic rings. The average molecular weight is 492 g/mol. The van der Waals surface area contributed by atoms with Crippen LogP contribution in [-0.4, -0.2) is 45.0 Å². The second-order valence-corrected chi connectivity index (χ2v) is 10.0. The van der Waals surface area contributed by atoms with Gasteiger partial charge in [0.15, 0.2) is 0 Å². The summed E-state index contributed by atoms with van der Waals surface area (Å²) >= 11 is 0. The Bertz CT molecular complexity index is 1260. The summed E-state index contributed by atoms with van der Waals surface area (Å²) in [5.74, 6) is -0.458. The highest BCUT2D eigenvalue weighted by atomic mass is 16.5. The van der Waals surface area contributed by atoms with Gasteiger partial charge in [0.25, 0.3) is 0 Å². The van der Waals surface area contributed by atoms with E-state index in [0.29, 0.717) is 25.1 Å². The van der Waals surface area contributed by atoms with Crippen LogP contribution in [0.2, 0.25) is 0 Å². The SMILES string of the molecule is COC(=O)N1c2ccc3c(nc(C(O)Cc4ccccc4)n3C3CCC(C(=O)O)CC3)c2CC[C@@H]1C. The highest BCUT2D eigenvalue weighted by Gasteiger charge is 2.34. The second-order valence-electron chi connectivity index (χ2n) is 10.0. The van der Waals surface area contributed by atoms with E-state index >= 15 is 0 Å². The van der Waals surface area contributed by atoms with Crippen LogP contribution < -0.4 is 4.90 Å². The first-order valence-corrected chi connectivity index (χ1v) is 12.7. The van der Waals surface area contributed by atoms with Crippen molar-refractivity contribution in [2.75, 3.05) is 12.0 Å². The fourth-order valence-corrected chi connectivity index (χ4v) is 5.92. The number of carbonyl (C=O) groups excluding carboxylic acids is 1. The lowest BCUT2D eigenvalue weighted by Gasteiger charge is -2.34. The first-order chi connectivity index (χ1) is 17.4. The average Bonchev–Trinajstić information content (AvgIpc) is 3.29. The lowest BCUT2D eigenvalue weighted by Crippen LogP contribution is -2.42. The number of aromatic nitrogens is 2. The van der Waals surface area contributed by atoms with Gasteiger partial charge >= 0.3 is 12.1 Å². The van der Waals surface area contributed by atoms with E-state index < -0.39 is 18.2 Å². The summed E-state index contributed by atoms with van der Waals surface area (Å²) in [4.78, 5) is 30.8. The van der Waals surface area contributed by atoms with E-state index in [1.165, 1.54) is 7.11 Å². The number of anilines is 1. The number of aryl methyl sites for hydroxylation is 1. The number of rotatable bonds is 5. The van der Waals surface area contributed by atoms with Crippen molar-refractivity contribution in [2.24, 2.45) is 5.92 Å². The molecule has 8 nitrogen and oxygen atoms in total. The first-order valence-electron chi connectivity index (χ1n) is 12.7. The Morgan fingerprint density at radius 1 is 1.08 bits per heavy atom. The summed E-state index contributed by atoms with van der Waals surface area (Å²) in [5.41, 5.74) is 4.54. The number of aliphatic carboxylic acids is 1. The van der Waals surface area contributed by atoms with Gasteiger partial charge in [-0.05, 0) is 63.1 Å². The topological polar surface area (TPSA) is 105 Å². The van der Waals surface area contributed by atoms with Gasteiger partial charge in [-0.25, -0.2) is 9.78 Å². The Morgan fingerprint density at radius 2 is 1.81 bits per heavy atom. The quantitative estimate of drug-likeness (QED) is 0.518. The largest absolute Gasteiger partial charge is 0.481 e. The lowest BCUT2D eigenvalue weighted by atomic mass is 9.85. The zero-order chi connectivity index (χ0) is 25.4. The number of imidazole rings is 1. The Labute approximate surface area is 210 Å². The predicted octanol–water partition coefficient (Wildman–Crippen LogP) is 5.04. The molecule has 36 heavy (non-hydrogen) atoms. The van der Waals surface area contributed by atoms with Gasteiger partial charge in [0.1, 0.15) is 11.9 Å². The fraction of sp³-hybridized carbons (Fsp3) is 0.464. The van der Waals surface area contributed by atoms with Crippen LogP contribution in [0.25, 0.3) is 11.0 Å². The summed E-state index contributed by atoms with van der Waals surface area (Å²) < 4.78 is 7.20. The number of hydrogen-bond donors (Lipinski definition) is 2. The van der Waals surface area contributed by atoms with E-state index in [1.54, 1.807) is 4.90 Å². The van der Waals surface area contributed by atoms with Crippen molar-refractivity contribution in [3.05, 3.63) is 59.4 Å². The van der Waals surface area contributed by atoms with Gasteiger partial charge in [-0.15, -0.1) is 0 Å². The van der Waals surface area contributed by atoms with Crippen molar-refractivity contribution in [1.82, 2.24) is 9.55 Å². The van der Waals surface area contributed by atoms with E-state index in [1.807, 2.05) is 49.4 Å². The third-order valence-electron chi connectivity index (χ3n) is 7.83. The van der Waals surface area contributed by atoms with E-state index in [4.69, 9.17) is 9.72 Å². The molecule has 1 saturated carbocycles. The Morgan fingerprint density at radius 3 is 2.47 bits per heavy atom. The Kier molecular flexibility index (Phi) is 6.71. The molecule has 1 aliphatic carbocycles. The van der Waals surface area contributed by atoms with E-state index in [0.717, 1.165) is 53.5 Å². The molecule has 2 heterocycles. The maximum atomic E-state index is 12.6. The van der Waals surface area contributed by atoms with Gasteiger partial charge in [-0.1, -0.05) is 30.3 Å². The molecule has 190 valence electrons. The number of methoxy groups -OCH3 is 1. The summed E-state index contributed by atoms with van der Waals surface area (Å²) in [6.07, 6.45) is 3.44. The van der Waals surface area contributed by atoms with Gasteiger partial charge in [-0.3, -0.25) is 9.69 Å². The number of aliphatic hydroxyl groups excluding tert-OH is 1. The van der Waals surface area contributed by atoms with Crippen molar-refractivity contribution in [3.8, 4) is 0 Å². The summed E-state index contributed by atoms with van der Waals surface area (Å²) in [6.45, 7) is 2.01. The smallest absolute Gasteiger partial charge is 0.414 e. The minimum atomic E-state index is -0.813. The molecule has 0 saturated heterocycles. The van der Waals surface area contributed by atoms with Gasteiger partial charge in [0, 0.05) is 24.1 Å². The number of fused-ring (bicyclic) bond motifs is 3. The van der Waals surface area contributed by atoms with E-state index in [-0.39, 0.29) is 18.0 Å². The number of ether oxygens (including phenoxy) is 1. The van der Waals surface area contributed by atoms with E-state index in [2.05, 4.69) is 4.57 Å². The Balaban J connectivity index is 1.60. The molecule has 2 atom stereocenters. The van der Waals surface area contributed by atoms with Crippen molar-refractivity contribution < 1.29 is 24.5 Å². The van der Waals surface area contributed by atoms with Crippen molar-refractivity contribution >= 4 is 28.8 Å². The maximum absolute atomic E-state index is 12.6. The van der Waals surface area contributed by atoms with Gasteiger partial charge < -0.3 is 19.5 Å². The third kappa shape index (κ3) is 4.34. The van der Waals surface area contributed by atoms with Crippen molar-refractivity contribution in [1.29, 1.82) is 0 Å². The van der Waals surface area contributed by atoms with Gasteiger partial charge in [-0.2, -0.15) is 0 Å². The number of benzene rings is 2. The first kappa shape index (κ1) is 24.3. The molecule has 8 heteroatoms. The standard InChI is InChI=1S/C28H33N3O5/c1-17-8-13-21-22(30(17)28(35)36-2)14-15-23-25(21)29-26(24(32)16-18-6-4-3-5-7-18)31(23)20-11-9-19(10-12-20)27(33)34/h3-7,14-15,17,19-20,24,32H,8-13,16H2,1-2H3,(H,33,34)/t17-,19?,20?,24?/m0/s1. The van der Waals surface area contributed by atoms with Crippen LogP contribution in [0.3, 0.4) is 0 Å². The van der Waals surface area contributed by atoms with Crippen LogP contribution in [0, 0.1) is 5.92 Å². The number of nitrogens with zero attached hydrogens (tertiary/aromatic N) is 3. The molecule has 1 aliphatic heterocycles. The number of hydrogen-bond acceptors (Lipinski definition) is 5. The molecule has 0 radical (unpaired) electrons. The molecular weight excluding hydrogens is 458 g/mol. The summed E-state index contributed by atoms with van der Waals surface area (Å²) in [5, 5.41) is 20.9. The fourth-order valence-electron chi connectivity index (χ4n) is 5.92. The van der Waals surface area contributed by atoms with Crippen LogP contribution >= 0.6 is 0 Å². The lowest BCUT2D eigenvalue weighted by molar-refractivity contribution is -0.143. The number of carboxylic acids is 1. The number of carboxylic acid groups (broad SMARTS) is 1. The second kappa shape index (κ2) is 9.93. The Hall–Kier alpha value is -3.39. The van der Waals surface area contributed by atoms with E-state index in [9.17, 15) is 19.8 Å². The minimum absolute atomic E-state index is 0.0129. The van der Waals surface area contributed by atoms with Crippen molar-refractivity contribution in [3.63, 3.8) is 0 Å². The zero-order valence-electron chi connectivity index (χ0n) is 20.8. The molecule has 0 bridgehead atoms. The molecule has 2 aliphatic rings. The molecular formula is C28H33N3O5. The molecule has 5 rings (SSSR count). The molecule has 0 spiro atoms. The van der Waals surface area contributed by atoms with Gasteiger partial charge in [0.2, 0.25) is 0 Å². The van der Waals surface area contributed by atoms with Gasteiger partial charge in [0.05, 0.1) is 29.7 Å². The molecule has 2 aromatic carbocycles.